The molecule has 1 aromatic heterocycles. The minimum Gasteiger partial charge on any atom is -0.372 e. The number of rotatable bonds is 5. The summed E-state index contributed by atoms with van der Waals surface area (Å²) in [7, 11) is 0. The van der Waals surface area contributed by atoms with E-state index in [4.69, 9.17) is 9.47 Å². The fourth-order valence-corrected chi connectivity index (χ4v) is 3.64. The molecule has 1 aliphatic carbocycles. The van der Waals surface area contributed by atoms with Crippen molar-refractivity contribution in [1.29, 1.82) is 0 Å². The normalized spacial score (nSPS) is 27.0. The van der Waals surface area contributed by atoms with Crippen molar-refractivity contribution in [3.8, 4) is 0 Å². The molecular formula is C17H25N3O3. The van der Waals surface area contributed by atoms with E-state index in [9.17, 15) is 4.79 Å². The van der Waals surface area contributed by atoms with E-state index in [-0.39, 0.29) is 24.2 Å². The van der Waals surface area contributed by atoms with Crippen LogP contribution in [-0.2, 0) is 16.0 Å². The second-order valence-corrected chi connectivity index (χ2v) is 6.13. The lowest BCUT2D eigenvalue weighted by Gasteiger charge is -2.39. The van der Waals surface area contributed by atoms with Crippen LogP contribution in [0.2, 0.25) is 0 Å². The van der Waals surface area contributed by atoms with Gasteiger partial charge in [-0.1, -0.05) is 6.08 Å². The smallest absolute Gasteiger partial charge is 0.272 e. The lowest BCUT2D eigenvalue weighted by atomic mass is 10.1. The number of nitrogens with zero attached hydrogens (tertiary/aromatic N) is 3. The summed E-state index contributed by atoms with van der Waals surface area (Å²) in [6, 6.07) is 1.96. The van der Waals surface area contributed by atoms with Crippen molar-refractivity contribution in [2.24, 2.45) is 0 Å². The van der Waals surface area contributed by atoms with Crippen LogP contribution < -0.4 is 0 Å². The van der Waals surface area contributed by atoms with Crippen LogP contribution >= 0.6 is 0 Å². The van der Waals surface area contributed by atoms with Gasteiger partial charge < -0.3 is 14.4 Å². The average molecular weight is 319 g/mol. The van der Waals surface area contributed by atoms with Gasteiger partial charge in [-0.25, -0.2) is 0 Å². The molecule has 1 aromatic rings. The molecule has 6 heteroatoms. The summed E-state index contributed by atoms with van der Waals surface area (Å²) in [5, 5.41) is 4.39. The van der Waals surface area contributed by atoms with E-state index >= 15 is 0 Å². The van der Waals surface area contributed by atoms with Gasteiger partial charge in [-0.2, -0.15) is 5.10 Å². The Bertz CT molecular complexity index is 584. The van der Waals surface area contributed by atoms with Gasteiger partial charge in [0.15, 0.2) is 0 Å². The van der Waals surface area contributed by atoms with Crippen LogP contribution in [0.1, 0.15) is 35.9 Å². The molecule has 1 saturated heterocycles. The van der Waals surface area contributed by atoms with E-state index in [0.29, 0.717) is 32.0 Å². The highest BCUT2D eigenvalue weighted by molar-refractivity contribution is 5.93. The van der Waals surface area contributed by atoms with Crippen molar-refractivity contribution in [2.45, 2.75) is 51.5 Å². The standard InChI is InChI=1S/C17H25N3O3/c1-4-9-22-15-7-6-13-16(15)23-10-8-19(13)17(21)14-11-12(3)18-20(14)5-2/h4,11,13,15-16H,1,5-10H2,2-3H3/t13-,15-,16-/m0/s1. The number of fused-ring (bicyclic) bond motifs is 1. The Kier molecular flexibility index (Phi) is 4.82. The van der Waals surface area contributed by atoms with Crippen molar-refractivity contribution < 1.29 is 14.3 Å². The van der Waals surface area contributed by atoms with Crippen LogP contribution in [0.25, 0.3) is 0 Å². The number of amides is 1. The van der Waals surface area contributed by atoms with Gasteiger partial charge in [0, 0.05) is 13.1 Å². The fraction of sp³-hybridized carbons (Fsp3) is 0.647. The van der Waals surface area contributed by atoms with E-state index in [1.807, 2.05) is 24.8 Å². The highest BCUT2D eigenvalue weighted by Crippen LogP contribution is 2.33. The fourth-order valence-electron chi connectivity index (χ4n) is 3.64. The SMILES string of the molecule is C=CCO[C@H]1CC[C@H]2[C@@H]1OCCN2C(=O)c1cc(C)nn1CC. The Morgan fingerprint density at radius 3 is 3.13 bits per heavy atom. The van der Waals surface area contributed by atoms with Gasteiger partial charge in [-0.05, 0) is 32.8 Å². The van der Waals surface area contributed by atoms with Crippen molar-refractivity contribution in [1.82, 2.24) is 14.7 Å². The Balaban J connectivity index is 1.77. The molecule has 0 spiro atoms. The van der Waals surface area contributed by atoms with E-state index < -0.39 is 0 Å². The van der Waals surface area contributed by atoms with E-state index in [0.717, 1.165) is 18.5 Å². The molecule has 2 aliphatic rings. The van der Waals surface area contributed by atoms with Gasteiger partial charge >= 0.3 is 0 Å². The molecule has 1 saturated carbocycles. The largest absolute Gasteiger partial charge is 0.372 e. The Morgan fingerprint density at radius 1 is 1.57 bits per heavy atom. The number of hydrogen-bond acceptors (Lipinski definition) is 4. The summed E-state index contributed by atoms with van der Waals surface area (Å²) in [6.07, 6.45) is 3.59. The van der Waals surface area contributed by atoms with E-state index in [1.54, 1.807) is 10.8 Å². The lowest BCUT2D eigenvalue weighted by molar-refractivity contribution is -0.100. The van der Waals surface area contributed by atoms with Crippen LogP contribution in [0.15, 0.2) is 18.7 Å². The zero-order valence-electron chi connectivity index (χ0n) is 13.9. The van der Waals surface area contributed by atoms with Crippen LogP contribution in [0.4, 0.5) is 0 Å². The second kappa shape index (κ2) is 6.84. The first-order valence-electron chi connectivity index (χ1n) is 8.35. The second-order valence-electron chi connectivity index (χ2n) is 6.13. The minimum atomic E-state index is -0.0354. The Morgan fingerprint density at radius 2 is 2.39 bits per heavy atom. The number of aryl methyl sites for hydroxylation is 2. The number of carbonyl (C=O) groups excluding carboxylic acids is 1. The average Bonchev–Trinajstić information content (AvgIpc) is 3.15. The summed E-state index contributed by atoms with van der Waals surface area (Å²) >= 11 is 0. The topological polar surface area (TPSA) is 56.6 Å². The maximum atomic E-state index is 13.0. The van der Waals surface area contributed by atoms with Gasteiger partial charge in [-0.3, -0.25) is 9.48 Å². The molecule has 6 nitrogen and oxygen atoms in total. The van der Waals surface area contributed by atoms with Crippen molar-refractivity contribution >= 4 is 5.91 Å². The highest BCUT2D eigenvalue weighted by Gasteiger charge is 2.45. The summed E-state index contributed by atoms with van der Waals surface area (Å²) in [5.74, 6) is 0.0510. The van der Waals surface area contributed by atoms with Gasteiger partial charge in [0.05, 0.1) is 31.1 Å². The number of carbonyl (C=O) groups is 1. The first-order chi connectivity index (χ1) is 11.2. The zero-order valence-corrected chi connectivity index (χ0v) is 13.9. The summed E-state index contributed by atoms with van der Waals surface area (Å²) in [4.78, 5) is 15.0. The minimum absolute atomic E-state index is 0.0354. The quantitative estimate of drug-likeness (QED) is 0.777. The van der Waals surface area contributed by atoms with Crippen LogP contribution in [0.3, 0.4) is 0 Å². The molecule has 0 bridgehead atoms. The molecule has 3 atom stereocenters. The van der Waals surface area contributed by atoms with Crippen LogP contribution in [0.5, 0.6) is 0 Å². The third-order valence-corrected chi connectivity index (χ3v) is 4.65. The van der Waals surface area contributed by atoms with Gasteiger partial charge in [0.25, 0.3) is 5.91 Å². The highest BCUT2D eigenvalue weighted by atomic mass is 16.5. The van der Waals surface area contributed by atoms with Gasteiger partial charge in [0.2, 0.25) is 0 Å². The Labute approximate surface area is 137 Å². The number of hydrogen-bond donors (Lipinski definition) is 0. The first kappa shape index (κ1) is 16.2. The number of aromatic nitrogens is 2. The molecule has 0 unspecified atom stereocenters. The van der Waals surface area contributed by atoms with Gasteiger partial charge in [-0.15, -0.1) is 6.58 Å². The molecule has 0 N–H and O–H groups in total. The molecule has 1 aliphatic heterocycles. The number of morpholine rings is 1. The van der Waals surface area contributed by atoms with Crippen molar-refractivity contribution in [2.75, 3.05) is 19.8 Å². The first-order valence-corrected chi connectivity index (χ1v) is 8.35. The molecular weight excluding hydrogens is 294 g/mol. The predicted molar refractivity (Wildman–Crippen MR) is 86.4 cm³/mol. The third kappa shape index (κ3) is 3.05. The molecule has 23 heavy (non-hydrogen) atoms. The van der Waals surface area contributed by atoms with Gasteiger partial charge in [0.1, 0.15) is 11.8 Å². The van der Waals surface area contributed by atoms with Crippen molar-refractivity contribution in [3.63, 3.8) is 0 Å². The molecule has 126 valence electrons. The molecule has 1 amide bonds. The zero-order chi connectivity index (χ0) is 16.4. The molecule has 2 fully saturated rings. The maximum Gasteiger partial charge on any atom is 0.272 e. The summed E-state index contributed by atoms with van der Waals surface area (Å²) in [5.41, 5.74) is 1.54. The maximum absolute atomic E-state index is 13.0. The predicted octanol–water partition coefficient (Wildman–Crippen LogP) is 1.79. The Hall–Kier alpha value is -1.66. The van der Waals surface area contributed by atoms with E-state index in [1.165, 1.54) is 0 Å². The molecule has 0 radical (unpaired) electrons. The molecule has 2 heterocycles. The van der Waals surface area contributed by atoms with Crippen molar-refractivity contribution in [3.05, 3.63) is 30.1 Å². The third-order valence-electron chi connectivity index (χ3n) is 4.65. The molecule has 0 aromatic carbocycles. The van der Waals surface area contributed by atoms with E-state index in [2.05, 4.69) is 11.7 Å². The molecule has 3 rings (SSSR count). The summed E-state index contributed by atoms with van der Waals surface area (Å²) < 4.78 is 13.5. The number of ether oxygens (including phenoxy) is 2. The monoisotopic (exact) mass is 319 g/mol. The van der Waals surface area contributed by atoms with Crippen LogP contribution in [0, 0.1) is 6.92 Å². The van der Waals surface area contributed by atoms with Crippen LogP contribution in [-0.4, -0.2) is 58.6 Å². The lowest BCUT2D eigenvalue weighted by Crippen LogP contribution is -2.54. The summed E-state index contributed by atoms with van der Waals surface area (Å²) in [6.45, 7) is 10.0.